The zero-order valence-electron chi connectivity index (χ0n) is 18.8. The fourth-order valence-corrected chi connectivity index (χ4v) is 3.41. The molecule has 1 heterocycles. The summed E-state index contributed by atoms with van der Waals surface area (Å²) in [6, 6.07) is 13.7. The van der Waals surface area contributed by atoms with Crippen molar-refractivity contribution in [2.24, 2.45) is 5.92 Å². The van der Waals surface area contributed by atoms with E-state index in [4.69, 9.17) is 4.74 Å². The molecule has 0 unspecified atom stereocenters. The number of hydrogen-bond donors (Lipinski definition) is 2. The van der Waals surface area contributed by atoms with Crippen molar-refractivity contribution in [3.63, 3.8) is 0 Å². The van der Waals surface area contributed by atoms with E-state index < -0.39 is 6.03 Å². The summed E-state index contributed by atoms with van der Waals surface area (Å²) in [5, 5.41) is 5.67. The van der Waals surface area contributed by atoms with Gasteiger partial charge in [-0.3, -0.25) is 19.4 Å². The molecule has 2 aromatic carbocycles. The second-order valence-electron chi connectivity index (χ2n) is 7.97. The van der Waals surface area contributed by atoms with Gasteiger partial charge in [0.25, 0.3) is 0 Å². The number of rotatable bonds is 8. The van der Waals surface area contributed by atoms with Crippen LogP contribution in [0.4, 0.5) is 21.9 Å². The van der Waals surface area contributed by atoms with E-state index in [1.165, 1.54) is 9.80 Å². The third-order valence-electron chi connectivity index (χ3n) is 5.07. The minimum absolute atomic E-state index is 0.0811. The third kappa shape index (κ3) is 5.78. The van der Waals surface area contributed by atoms with Gasteiger partial charge in [-0.15, -0.1) is 0 Å². The zero-order chi connectivity index (χ0) is 23.1. The molecule has 0 bridgehead atoms. The molecular weight excluding hydrogens is 408 g/mol. The SMILES string of the molecule is CCOc1ccc(NC(=O)N2CC(=O)N(CC(=O)NCCC(C)C)c3ccccc32)cc1. The fraction of sp³-hybridized carbons (Fsp3) is 0.375. The number of carbonyl (C=O) groups is 3. The summed E-state index contributed by atoms with van der Waals surface area (Å²) in [6.07, 6.45) is 0.871. The largest absolute Gasteiger partial charge is 0.494 e. The first-order chi connectivity index (χ1) is 15.4. The number of nitrogens with one attached hydrogen (secondary N) is 2. The highest BCUT2D eigenvalue weighted by Crippen LogP contribution is 2.33. The van der Waals surface area contributed by atoms with Crippen LogP contribution >= 0.6 is 0 Å². The predicted octanol–water partition coefficient (Wildman–Crippen LogP) is 3.63. The van der Waals surface area contributed by atoms with Crippen LogP contribution in [0.2, 0.25) is 0 Å². The van der Waals surface area contributed by atoms with Crippen molar-refractivity contribution >= 4 is 34.9 Å². The normalized spacial score (nSPS) is 13.1. The lowest BCUT2D eigenvalue weighted by atomic mass is 10.1. The number of ether oxygens (including phenoxy) is 1. The van der Waals surface area contributed by atoms with E-state index >= 15 is 0 Å². The van der Waals surface area contributed by atoms with Crippen molar-refractivity contribution in [2.45, 2.75) is 27.2 Å². The molecule has 2 N–H and O–H groups in total. The molecule has 32 heavy (non-hydrogen) atoms. The van der Waals surface area contributed by atoms with Crippen molar-refractivity contribution in [3.8, 4) is 5.75 Å². The smallest absolute Gasteiger partial charge is 0.326 e. The molecule has 3 rings (SSSR count). The molecule has 0 saturated heterocycles. The lowest BCUT2D eigenvalue weighted by Crippen LogP contribution is -2.52. The summed E-state index contributed by atoms with van der Waals surface area (Å²) in [7, 11) is 0. The van der Waals surface area contributed by atoms with Crippen molar-refractivity contribution in [1.29, 1.82) is 0 Å². The minimum Gasteiger partial charge on any atom is -0.494 e. The summed E-state index contributed by atoms with van der Waals surface area (Å²) >= 11 is 0. The lowest BCUT2D eigenvalue weighted by molar-refractivity contribution is -0.123. The number of para-hydroxylation sites is 2. The molecule has 8 nitrogen and oxygen atoms in total. The molecule has 0 fully saturated rings. The Bertz CT molecular complexity index is 959. The van der Waals surface area contributed by atoms with Crippen LogP contribution in [0.25, 0.3) is 0 Å². The maximum atomic E-state index is 13.0. The predicted molar refractivity (Wildman–Crippen MR) is 125 cm³/mol. The van der Waals surface area contributed by atoms with Crippen molar-refractivity contribution in [3.05, 3.63) is 48.5 Å². The van der Waals surface area contributed by atoms with Crippen LogP contribution in [-0.4, -0.2) is 44.1 Å². The van der Waals surface area contributed by atoms with Gasteiger partial charge in [0.15, 0.2) is 0 Å². The third-order valence-corrected chi connectivity index (χ3v) is 5.07. The average Bonchev–Trinajstić information content (AvgIpc) is 2.76. The van der Waals surface area contributed by atoms with Crippen LogP contribution in [0.5, 0.6) is 5.75 Å². The first-order valence-corrected chi connectivity index (χ1v) is 10.9. The van der Waals surface area contributed by atoms with Gasteiger partial charge in [0.1, 0.15) is 18.8 Å². The molecule has 0 spiro atoms. The molecule has 2 aromatic rings. The Labute approximate surface area is 188 Å². The molecule has 1 aliphatic rings. The molecule has 0 atom stereocenters. The number of nitrogens with zero attached hydrogens (tertiary/aromatic N) is 2. The molecule has 4 amide bonds. The Morgan fingerprint density at radius 1 is 1.06 bits per heavy atom. The molecule has 170 valence electrons. The Balaban J connectivity index is 1.71. The highest BCUT2D eigenvalue weighted by Gasteiger charge is 2.33. The van der Waals surface area contributed by atoms with Gasteiger partial charge in [0, 0.05) is 12.2 Å². The molecule has 8 heteroatoms. The molecule has 0 aliphatic carbocycles. The second kappa shape index (κ2) is 10.7. The quantitative estimate of drug-likeness (QED) is 0.658. The standard InChI is InChI=1S/C24H30N4O4/c1-4-32-19-11-9-18(10-12-19)26-24(31)28-16-23(30)27(20-7-5-6-8-21(20)28)15-22(29)25-14-13-17(2)3/h5-12,17H,4,13-16H2,1-3H3,(H,25,29)(H,26,31). The van der Waals surface area contributed by atoms with Gasteiger partial charge in [0.2, 0.25) is 11.8 Å². The highest BCUT2D eigenvalue weighted by molar-refractivity contribution is 6.15. The van der Waals surface area contributed by atoms with Crippen LogP contribution < -0.4 is 25.2 Å². The second-order valence-corrected chi connectivity index (χ2v) is 7.97. The van der Waals surface area contributed by atoms with E-state index in [0.717, 1.165) is 6.42 Å². The van der Waals surface area contributed by atoms with Gasteiger partial charge in [-0.2, -0.15) is 0 Å². The molecule has 1 aliphatic heterocycles. The van der Waals surface area contributed by atoms with Gasteiger partial charge in [-0.05, 0) is 55.7 Å². The lowest BCUT2D eigenvalue weighted by Gasteiger charge is -2.35. The van der Waals surface area contributed by atoms with Crippen molar-refractivity contribution < 1.29 is 19.1 Å². The monoisotopic (exact) mass is 438 g/mol. The first kappa shape index (κ1) is 23.1. The van der Waals surface area contributed by atoms with Crippen molar-refractivity contribution in [2.75, 3.05) is 41.4 Å². The summed E-state index contributed by atoms with van der Waals surface area (Å²) in [4.78, 5) is 41.0. The summed E-state index contributed by atoms with van der Waals surface area (Å²) < 4.78 is 5.42. The Hall–Kier alpha value is -3.55. The number of urea groups is 1. The number of hydrogen-bond acceptors (Lipinski definition) is 4. The summed E-state index contributed by atoms with van der Waals surface area (Å²) in [5.41, 5.74) is 1.70. The topological polar surface area (TPSA) is 91.0 Å². The van der Waals surface area contributed by atoms with Gasteiger partial charge in [-0.25, -0.2) is 4.79 Å². The molecule has 0 radical (unpaired) electrons. The highest BCUT2D eigenvalue weighted by atomic mass is 16.5. The van der Waals surface area contributed by atoms with E-state index in [-0.39, 0.29) is 24.9 Å². The summed E-state index contributed by atoms with van der Waals surface area (Å²) in [5.74, 6) is 0.659. The first-order valence-electron chi connectivity index (χ1n) is 10.9. The zero-order valence-corrected chi connectivity index (χ0v) is 18.8. The fourth-order valence-electron chi connectivity index (χ4n) is 3.41. The van der Waals surface area contributed by atoms with Crippen LogP contribution in [0, 0.1) is 5.92 Å². The van der Waals surface area contributed by atoms with E-state index in [0.29, 0.717) is 41.9 Å². The maximum Gasteiger partial charge on any atom is 0.326 e. The van der Waals surface area contributed by atoms with E-state index in [1.807, 2.05) is 6.92 Å². The van der Waals surface area contributed by atoms with E-state index in [9.17, 15) is 14.4 Å². The average molecular weight is 439 g/mol. The number of anilines is 3. The van der Waals surface area contributed by atoms with Crippen LogP contribution in [0.15, 0.2) is 48.5 Å². The van der Waals surface area contributed by atoms with Gasteiger partial charge < -0.3 is 15.4 Å². The Morgan fingerprint density at radius 3 is 2.41 bits per heavy atom. The van der Waals surface area contributed by atoms with Gasteiger partial charge in [0.05, 0.1) is 18.0 Å². The van der Waals surface area contributed by atoms with Crippen LogP contribution in [0.1, 0.15) is 27.2 Å². The van der Waals surface area contributed by atoms with E-state index in [1.54, 1.807) is 48.5 Å². The minimum atomic E-state index is -0.420. The van der Waals surface area contributed by atoms with Crippen LogP contribution in [0.3, 0.4) is 0 Å². The number of fused-ring (bicyclic) bond motifs is 1. The number of amides is 4. The maximum absolute atomic E-state index is 13.0. The Morgan fingerprint density at radius 2 is 1.75 bits per heavy atom. The molecular formula is C24H30N4O4. The molecule has 0 aromatic heterocycles. The van der Waals surface area contributed by atoms with Gasteiger partial charge in [-0.1, -0.05) is 26.0 Å². The van der Waals surface area contributed by atoms with E-state index in [2.05, 4.69) is 24.5 Å². The number of carbonyl (C=O) groups excluding carboxylic acids is 3. The Kier molecular flexibility index (Phi) is 7.70. The number of benzene rings is 2. The summed E-state index contributed by atoms with van der Waals surface area (Å²) in [6.45, 7) is 6.97. The molecule has 0 saturated carbocycles. The van der Waals surface area contributed by atoms with Gasteiger partial charge >= 0.3 is 6.03 Å². The van der Waals surface area contributed by atoms with Crippen molar-refractivity contribution in [1.82, 2.24) is 5.32 Å². The van der Waals surface area contributed by atoms with Crippen LogP contribution in [-0.2, 0) is 9.59 Å².